The topological polar surface area (TPSA) is 77.5 Å². The molecule has 0 aliphatic heterocycles. The van der Waals surface area contributed by atoms with E-state index in [9.17, 15) is 4.79 Å². The van der Waals surface area contributed by atoms with Gasteiger partial charge in [-0.15, -0.1) is 0 Å². The number of carbonyl (C=O) groups is 1. The van der Waals surface area contributed by atoms with Crippen LogP contribution in [0.2, 0.25) is 0 Å². The maximum absolute atomic E-state index is 12.5. The molecule has 0 aromatic carbocycles. The van der Waals surface area contributed by atoms with E-state index < -0.39 is 0 Å². The highest BCUT2D eigenvalue weighted by Crippen LogP contribution is 2.57. The van der Waals surface area contributed by atoms with Gasteiger partial charge in [-0.3, -0.25) is 4.79 Å². The number of oxazole rings is 1. The summed E-state index contributed by atoms with van der Waals surface area (Å²) in [6.07, 6.45) is 6.53. The second-order valence-corrected chi connectivity index (χ2v) is 7.06. The summed E-state index contributed by atoms with van der Waals surface area (Å²) in [7, 11) is 0. The number of rotatable bonds is 6. The van der Waals surface area contributed by atoms with E-state index in [4.69, 9.17) is 13.6 Å². The van der Waals surface area contributed by atoms with E-state index in [-0.39, 0.29) is 23.8 Å². The zero-order chi connectivity index (χ0) is 17.4. The monoisotopic (exact) mass is 344 g/mol. The summed E-state index contributed by atoms with van der Waals surface area (Å²) in [5.41, 5.74) is 0.830. The van der Waals surface area contributed by atoms with Gasteiger partial charge in [-0.2, -0.15) is 0 Å². The van der Waals surface area contributed by atoms with E-state index in [1.807, 2.05) is 13.8 Å². The molecular formula is C19H24N2O4. The van der Waals surface area contributed by atoms with E-state index in [2.05, 4.69) is 10.3 Å². The smallest absolute Gasteiger partial charge is 0.263 e. The number of amides is 1. The largest absolute Gasteiger partial charge is 0.459 e. The number of carbonyl (C=O) groups excluding carboxylic acids is 1. The van der Waals surface area contributed by atoms with Crippen LogP contribution >= 0.6 is 0 Å². The lowest BCUT2D eigenvalue weighted by Crippen LogP contribution is -2.67. The minimum absolute atomic E-state index is 0.00591. The fourth-order valence-electron chi connectivity index (χ4n) is 4.14. The first-order chi connectivity index (χ1) is 12.1. The fraction of sp³-hybridized carbons (Fsp3) is 0.579. The Morgan fingerprint density at radius 3 is 2.96 bits per heavy atom. The quantitative estimate of drug-likeness (QED) is 0.870. The predicted octanol–water partition coefficient (Wildman–Crippen LogP) is 3.25. The molecule has 2 aliphatic carbocycles. The van der Waals surface area contributed by atoms with Gasteiger partial charge in [0.1, 0.15) is 5.76 Å². The van der Waals surface area contributed by atoms with Gasteiger partial charge in [0, 0.05) is 18.1 Å². The van der Waals surface area contributed by atoms with Crippen molar-refractivity contribution in [3.63, 3.8) is 0 Å². The van der Waals surface area contributed by atoms with Crippen molar-refractivity contribution in [2.24, 2.45) is 5.41 Å². The van der Waals surface area contributed by atoms with Crippen molar-refractivity contribution < 1.29 is 18.4 Å². The first-order valence-electron chi connectivity index (χ1n) is 9.03. The van der Waals surface area contributed by atoms with Crippen molar-refractivity contribution in [1.82, 2.24) is 10.3 Å². The molecule has 2 fully saturated rings. The van der Waals surface area contributed by atoms with Gasteiger partial charge in [0.15, 0.2) is 5.76 Å². The van der Waals surface area contributed by atoms with Crippen molar-refractivity contribution in [3.8, 4) is 11.7 Å². The van der Waals surface area contributed by atoms with Crippen molar-refractivity contribution in [3.05, 3.63) is 29.9 Å². The van der Waals surface area contributed by atoms with Crippen LogP contribution in [0.4, 0.5) is 0 Å². The lowest BCUT2D eigenvalue weighted by molar-refractivity contribution is -0.175. The number of ether oxygens (including phenoxy) is 1. The molecule has 2 saturated carbocycles. The van der Waals surface area contributed by atoms with Gasteiger partial charge in [-0.1, -0.05) is 6.42 Å². The summed E-state index contributed by atoms with van der Waals surface area (Å²) in [4.78, 5) is 16.9. The van der Waals surface area contributed by atoms with Crippen molar-refractivity contribution in [2.75, 3.05) is 6.61 Å². The van der Waals surface area contributed by atoms with Crippen molar-refractivity contribution in [1.29, 1.82) is 0 Å². The second kappa shape index (κ2) is 6.33. The molecule has 6 nitrogen and oxygen atoms in total. The van der Waals surface area contributed by atoms with E-state index in [0.717, 1.165) is 25.9 Å². The minimum atomic E-state index is -0.00591. The zero-order valence-corrected chi connectivity index (χ0v) is 14.7. The Kier molecular flexibility index (Phi) is 4.15. The summed E-state index contributed by atoms with van der Waals surface area (Å²) in [6, 6.07) is 3.80. The third kappa shape index (κ3) is 2.78. The molecule has 2 atom stereocenters. The summed E-state index contributed by atoms with van der Waals surface area (Å²) in [5.74, 6) is 1.64. The normalized spacial score (nSPS) is 23.9. The van der Waals surface area contributed by atoms with Gasteiger partial charge in [-0.25, -0.2) is 4.98 Å². The molecule has 4 rings (SSSR count). The SMILES string of the molecule is CCO[C@@H]1C[C@H](NC(=O)Cc2nc(-c3ccco3)oc2C)C12CCC2. The number of nitrogens with one attached hydrogen (secondary N) is 1. The summed E-state index contributed by atoms with van der Waals surface area (Å²) in [5, 5.41) is 3.19. The summed E-state index contributed by atoms with van der Waals surface area (Å²) < 4.78 is 16.8. The second-order valence-electron chi connectivity index (χ2n) is 7.06. The van der Waals surface area contributed by atoms with E-state index >= 15 is 0 Å². The third-order valence-electron chi connectivity index (χ3n) is 5.73. The van der Waals surface area contributed by atoms with E-state index in [1.165, 1.54) is 6.42 Å². The maximum Gasteiger partial charge on any atom is 0.263 e. The van der Waals surface area contributed by atoms with Gasteiger partial charge < -0.3 is 18.9 Å². The Labute approximate surface area is 146 Å². The van der Waals surface area contributed by atoms with Crippen LogP contribution in [0.1, 0.15) is 44.1 Å². The molecule has 1 N–H and O–H groups in total. The molecule has 0 bridgehead atoms. The van der Waals surface area contributed by atoms with Crippen molar-refractivity contribution in [2.45, 2.75) is 58.1 Å². The Morgan fingerprint density at radius 1 is 1.48 bits per heavy atom. The lowest BCUT2D eigenvalue weighted by atomic mass is 9.51. The molecule has 2 aliphatic rings. The predicted molar refractivity (Wildman–Crippen MR) is 90.9 cm³/mol. The molecule has 2 aromatic rings. The highest BCUT2D eigenvalue weighted by Gasteiger charge is 2.59. The van der Waals surface area contributed by atoms with Crippen LogP contribution in [-0.2, 0) is 16.0 Å². The van der Waals surface area contributed by atoms with Crippen LogP contribution in [-0.4, -0.2) is 29.6 Å². The van der Waals surface area contributed by atoms with Crippen LogP contribution in [0, 0.1) is 12.3 Å². The van der Waals surface area contributed by atoms with Crippen LogP contribution in [0.25, 0.3) is 11.7 Å². The number of hydrogen-bond acceptors (Lipinski definition) is 5. The van der Waals surface area contributed by atoms with Gasteiger partial charge in [0.2, 0.25) is 5.91 Å². The molecule has 134 valence electrons. The number of nitrogens with zero attached hydrogens (tertiary/aromatic N) is 1. The third-order valence-corrected chi connectivity index (χ3v) is 5.73. The summed E-state index contributed by atoms with van der Waals surface area (Å²) >= 11 is 0. The Hall–Kier alpha value is -2.08. The standard InChI is InChI=1S/C19H24N2O4/c1-3-23-16-11-15(19(16)7-5-8-19)21-17(22)10-13-12(2)25-18(20-13)14-6-4-9-24-14/h4,6,9,15-16H,3,5,7-8,10-11H2,1-2H3,(H,21,22)/t15-,16+/m0/s1. The van der Waals surface area contributed by atoms with Gasteiger partial charge >= 0.3 is 0 Å². The van der Waals surface area contributed by atoms with E-state index in [0.29, 0.717) is 29.2 Å². The van der Waals surface area contributed by atoms with Crippen LogP contribution < -0.4 is 5.32 Å². The number of furan rings is 1. The molecule has 2 heterocycles. The molecule has 1 spiro atoms. The molecule has 0 unspecified atom stereocenters. The molecular weight excluding hydrogens is 320 g/mol. The Morgan fingerprint density at radius 2 is 2.32 bits per heavy atom. The lowest BCUT2D eigenvalue weighted by Gasteiger charge is -2.61. The first kappa shape index (κ1) is 16.4. The molecule has 1 amide bonds. The molecule has 2 aromatic heterocycles. The molecule has 25 heavy (non-hydrogen) atoms. The Bertz CT molecular complexity index is 746. The van der Waals surface area contributed by atoms with Crippen LogP contribution in [0.5, 0.6) is 0 Å². The van der Waals surface area contributed by atoms with E-state index in [1.54, 1.807) is 18.4 Å². The minimum Gasteiger partial charge on any atom is -0.459 e. The Balaban J connectivity index is 1.39. The number of aryl methyl sites for hydroxylation is 1. The molecule has 0 radical (unpaired) electrons. The van der Waals surface area contributed by atoms with Crippen LogP contribution in [0.3, 0.4) is 0 Å². The van der Waals surface area contributed by atoms with Crippen LogP contribution in [0.15, 0.2) is 27.2 Å². The molecule has 6 heteroatoms. The van der Waals surface area contributed by atoms with Crippen molar-refractivity contribution >= 4 is 5.91 Å². The van der Waals surface area contributed by atoms with Gasteiger partial charge in [0.25, 0.3) is 5.89 Å². The van der Waals surface area contributed by atoms with Gasteiger partial charge in [0.05, 0.1) is 24.5 Å². The average molecular weight is 344 g/mol. The van der Waals surface area contributed by atoms with Gasteiger partial charge in [-0.05, 0) is 45.2 Å². The first-order valence-corrected chi connectivity index (χ1v) is 9.03. The zero-order valence-electron chi connectivity index (χ0n) is 14.7. The highest BCUT2D eigenvalue weighted by molar-refractivity contribution is 5.79. The number of hydrogen-bond donors (Lipinski definition) is 1. The highest BCUT2D eigenvalue weighted by atomic mass is 16.5. The number of aromatic nitrogens is 1. The molecule has 0 saturated heterocycles. The maximum atomic E-state index is 12.5. The summed E-state index contributed by atoms with van der Waals surface area (Å²) in [6.45, 7) is 4.59. The fourth-order valence-corrected chi connectivity index (χ4v) is 4.14. The average Bonchev–Trinajstić information content (AvgIpc) is 3.15.